The molecule has 0 N–H and O–H groups in total. The smallest absolute Gasteiger partial charge is 0.410 e. The lowest BCUT2D eigenvalue weighted by Gasteiger charge is -2.20. The fraction of sp³-hybridized carbons (Fsp3) is 0.385. The van der Waals surface area contributed by atoms with Crippen molar-refractivity contribution in [2.45, 2.75) is 18.9 Å². The third-order valence-electron chi connectivity index (χ3n) is 2.88. The molecular weight excluding hydrogens is 234 g/mol. The van der Waals surface area contributed by atoms with E-state index in [-0.39, 0.29) is 12.1 Å². The Morgan fingerprint density at radius 2 is 2.18 bits per heavy atom. The van der Waals surface area contributed by atoms with Crippen LogP contribution in [0.3, 0.4) is 0 Å². The van der Waals surface area contributed by atoms with Gasteiger partial charge in [0.25, 0.3) is 0 Å². The summed E-state index contributed by atoms with van der Waals surface area (Å²) < 4.78 is 5.09. The first kappa shape index (κ1) is 12.0. The van der Waals surface area contributed by atoms with Crippen molar-refractivity contribution < 1.29 is 9.53 Å². The van der Waals surface area contributed by atoms with Crippen molar-refractivity contribution in [3.05, 3.63) is 35.9 Å². The molecule has 0 radical (unpaired) electrons. The number of benzene rings is 1. The number of ether oxygens (including phenoxy) is 1. The van der Waals surface area contributed by atoms with Crippen LogP contribution in [-0.4, -0.2) is 35.6 Å². The molecule has 1 atom stereocenters. The highest BCUT2D eigenvalue weighted by Gasteiger charge is 2.31. The van der Waals surface area contributed by atoms with Crippen molar-refractivity contribution in [3.8, 4) is 0 Å². The third kappa shape index (κ3) is 3.03. The molecule has 0 bridgehead atoms. The maximum atomic E-state index is 11.5. The predicted octanol–water partition coefficient (Wildman–Crippen LogP) is 2.44. The molecule has 90 valence electrons. The van der Waals surface area contributed by atoms with E-state index in [4.69, 9.17) is 17.0 Å². The minimum absolute atomic E-state index is 0.139. The second-order valence-electron chi connectivity index (χ2n) is 4.07. The van der Waals surface area contributed by atoms with E-state index in [1.807, 2.05) is 18.2 Å². The van der Waals surface area contributed by atoms with Crippen molar-refractivity contribution in [3.63, 3.8) is 0 Å². The zero-order chi connectivity index (χ0) is 12.1. The molecule has 0 unspecified atom stereocenters. The lowest BCUT2D eigenvalue weighted by molar-refractivity contribution is 0.158. The SMILES string of the molecule is O=C1OC[C@@H](Cc2ccccc2)N1CCC=S. The van der Waals surface area contributed by atoms with Gasteiger partial charge in [-0.05, 0) is 23.8 Å². The standard InChI is InChI=1S/C13H15NO2S/c15-13-14(7-4-8-17)12(10-16-13)9-11-5-2-1-3-6-11/h1-3,5-6,8,12H,4,7,9-10H2/t12-/m1/s1. The second-order valence-corrected chi connectivity index (χ2v) is 4.40. The number of thiocarbonyl (C=S) groups is 1. The highest BCUT2D eigenvalue weighted by Crippen LogP contribution is 2.17. The zero-order valence-corrected chi connectivity index (χ0v) is 10.4. The normalized spacial score (nSPS) is 19.2. The molecule has 0 aromatic heterocycles. The summed E-state index contributed by atoms with van der Waals surface area (Å²) in [5.41, 5.74) is 1.23. The predicted molar refractivity (Wildman–Crippen MR) is 70.3 cm³/mol. The first-order valence-corrected chi connectivity index (χ1v) is 6.19. The van der Waals surface area contributed by atoms with Crippen LogP contribution in [-0.2, 0) is 11.2 Å². The molecule has 17 heavy (non-hydrogen) atoms. The first-order valence-electron chi connectivity index (χ1n) is 5.72. The van der Waals surface area contributed by atoms with Crippen LogP contribution in [0, 0.1) is 0 Å². The van der Waals surface area contributed by atoms with Crippen LogP contribution in [0.15, 0.2) is 30.3 Å². The van der Waals surface area contributed by atoms with Crippen LogP contribution in [0.2, 0.25) is 0 Å². The van der Waals surface area contributed by atoms with Crippen LogP contribution in [0.25, 0.3) is 0 Å². The number of nitrogens with zero attached hydrogens (tertiary/aromatic N) is 1. The number of hydrogen-bond donors (Lipinski definition) is 0. The van der Waals surface area contributed by atoms with Crippen LogP contribution in [0.4, 0.5) is 4.79 Å². The Morgan fingerprint density at radius 3 is 2.88 bits per heavy atom. The van der Waals surface area contributed by atoms with Gasteiger partial charge in [-0.3, -0.25) is 0 Å². The number of rotatable bonds is 5. The minimum Gasteiger partial charge on any atom is -0.447 e. The molecule has 1 aromatic rings. The number of carbonyl (C=O) groups excluding carboxylic acids is 1. The van der Waals surface area contributed by atoms with E-state index in [1.165, 1.54) is 5.56 Å². The van der Waals surface area contributed by atoms with Gasteiger partial charge in [-0.2, -0.15) is 0 Å². The highest BCUT2D eigenvalue weighted by atomic mass is 32.1. The molecular formula is C13H15NO2S. The zero-order valence-electron chi connectivity index (χ0n) is 9.54. The van der Waals surface area contributed by atoms with Gasteiger partial charge in [0.15, 0.2) is 0 Å². The topological polar surface area (TPSA) is 29.5 Å². The maximum absolute atomic E-state index is 11.5. The molecule has 2 rings (SSSR count). The molecule has 4 heteroatoms. The van der Waals surface area contributed by atoms with Gasteiger partial charge in [-0.15, -0.1) is 0 Å². The van der Waals surface area contributed by atoms with Gasteiger partial charge in [0.2, 0.25) is 0 Å². The summed E-state index contributed by atoms with van der Waals surface area (Å²) in [6.45, 7) is 1.13. The van der Waals surface area contributed by atoms with Gasteiger partial charge in [0.1, 0.15) is 6.61 Å². The molecule has 1 amide bonds. The number of hydrogen-bond acceptors (Lipinski definition) is 3. The van der Waals surface area contributed by atoms with Crippen LogP contribution < -0.4 is 0 Å². The van der Waals surface area contributed by atoms with Gasteiger partial charge in [-0.25, -0.2) is 4.79 Å². The summed E-state index contributed by atoms with van der Waals surface area (Å²) in [5.74, 6) is 0. The monoisotopic (exact) mass is 249 g/mol. The van der Waals surface area contributed by atoms with Crippen LogP contribution in [0.5, 0.6) is 0 Å². The van der Waals surface area contributed by atoms with E-state index in [0.717, 1.165) is 12.8 Å². The minimum atomic E-state index is -0.220. The Balaban J connectivity index is 1.99. The van der Waals surface area contributed by atoms with E-state index in [2.05, 4.69) is 12.1 Å². The summed E-state index contributed by atoms with van der Waals surface area (Å²) in [5, 5.41) is 1.66. The van der Waals surface area contributed by atoms with Gasteiger partial charge < -0.3 is 9.64 Å². The van der Waals surface area contributed by atoms with E-state index in [9.17, 15) is 4.79 Å². The summed E-state index contributed by atoms with van der Waals surface area (Å²) in [6, 6.07) is 10.3. The van der Waals surface area contributed by atoms with Gasteiger partial charge in [-0.1, -0.05) is 42.5 Å². The van der Waals surface area contributed by atoms with E-state index in [1.54, 1.807) is 10.3 Å². The Labute approximate surface area is 106 Å². The molecule has 0 saturated carbocycles. The molecule has 1 fully saturated rings. The maximum Gasteiger partial charge on any atom is 0.410 e. The van der Waals surface area contributed by atoms with Crippen LogP contribution >= 0.6 is 12.2 Å². The fourth-order valence-corrected chi connectivity index (χ4v) is 2.12. The third-order valence-corrected chi connectivity index (χ3v) is 3.11. The molecule has 0 spiro atoms. The number of carbonyl (C=O) groups is 1. The van der Waals surface area contributed by atoms with Crippen molar-refractivity contribution in [2.75, 3.05) is 13.2 Å². The molecule has 3 nitrogen and oxygen atoms in total. The van der Waals surface area contributed by atoms with E-state index >= 15 is 0 Å². The summed E-state index contributed by atoms with van der Waals surface area (Å²) >= 11 is 4.79. The van der Waals surface area contributed by atoms with Crippen molar-refractivity contribution in [1.29, 1.82) is 0 Å². The molecule has 1 aromatic carbocycles. The Hall–Kier alpha value is -1.42. The lowest BCUT2D eigenvalue weighted by atomic mass is 10.1. The van der Waals surface area contributed by atoms with E-state index in [0.29, 0.717) is 13.2 Å². The van der Waals surface area contributed by atoms with Crippen LogP contribution in [0.1, 0.15) is 12.0 Å². The highest BCUT2D eigenvalue weighted by molar-refractivity contribution is 7.78. The molecule has 0 aliphatic carbocycles. The molecule has 1 heterocycles. The second kappa shape index (κ2) is 5.77. The number of amides is 1. The van der Waals surface area contributed by atoms with Gasteiger partial charge in [0.05, 0.1) is 6.04 Å². The Kier molecular flexibility index (Phi) is 4.09. The largest absolute Gasteiger partial charge is 0.447 e. The van der Waals surface area contributed by atoms with Crippen molar-refractivity contribution in [2.24, 2.45) is 0 Å². The average Bonchev–Trinajstić information content (AvgIpc) is 2.69. The fourth-order valence-electron chi connectivity index (χ4n) is 2.01. The lowest BCUT2D eigenvalue weighted by Crippen LogP contribution is -2.35. The van der Waals surface area contributed by atoms with Gasteiger partial charge >= 0.3 is 6.09 Å². The quantitative estimate of drug-likeness (QED) is 0.751. The summed E-state index contributed by atoms with van der Waals surface area (Å²) in [4.78, 5) is 13.3. The molecule has 1 aliphatic heterocycles. The average molecular weight is 249 g/mol. The molecule has 1 aliphatic rings. The Bertz CT molecular complexity index is 394. The van der Waals surface area contributed by atoms with Crippen molar-refractivity contribution in [1.82, 2.24) is 4.90 Å². The molecule has 1 saturated heterocycles. The Morgan fingerprint density at radius 1 is 1.41 bits per heavy atom. The van der Waals surface area contributed by atoms with E-state index < -0.39 is 0 Å². The number of cyclic esters (lactones) is 1. The first-order chi connectivity index (χ1) is 8.31. The van der Waals surface area contributed by atoms with Crippen molar-refractivity contribution >= 4 is 23.7 Å². The van der Waals surface area contributed by atoms with Gasteiger partial charge in [0, 0.05) is 6.54 Å². The summed E-state index contributed by atoms with van der Waals surface area (Å²) in [6.07, 6.45) is 1.35. The summed E-state index contributed by atoms with van der Waals surface area (Å²) in [7, 11) is 0.